The molecule has 0 fully saturated rings. The van der Waals surface area contributed by atoms with E-state index in [1.54, 1.807) is 6.92 Å². The highest BCUT2D eigenvalue weighted by atomic mass is 32.2. The van der Waals surface area contributed by atoms with Crippen molar-refractivity contribution in [2.45, 2.75) is 26.0 Å². The number of carbonyl (C=O) groups is 2. The lowest BCUT2D eigenvalue weighted by atomic mass is 10.1. The maximum Gasteiger partial charge on any atom is 0.315 e. The monoisotopic (exact) mass is 234 g/mol. The van der Waals surface area contributed by atoms with Gasteiger partial charge in [-0.05, 0) is 12.8 Å². The highest BCUT2D eigenvalue weighted by Gasteiger charge is 2.23. The van der Waals surface area contributed by atoms with Crippen LogP contribution < -0.4 is 11.3 Å². The Morgan fingerprint density at radius 3 is 2.47 bits per heavy atom. The Morgan fingerprint density at radius 1 is 1.47 bits per heavy atom. The van der Waals surface area contributed by atoms with Crippen LogP contribution in [0.2, 0.25) is 0 Å². The first-order valence-electron chi connectivity index (χ1n) is 4.80. The summed E-state index contributed by atoms with van der Waals surface area (Å²) in [6.07, 6.45) is 0. The number of nitrogens with two attached hydrogens (primary N) is 1. The smallest absolute Gasteiger partial charge is 0.315 e. The van der Waals surface area contributed by atoms with Gasteiger partial charge in [0, 0.05) is 0 Å². The van der Waals surface area contributed by atoms with Crippen molar-refractivity contribution in [3.8, 4) is 0 Å². The minimum Gasteiger partial charge on any atom is -0.465 e. The summed E-state index contributed by atoms with van der Waals surface area (Å²) in [6.45, 7) is 5.90. The summed E-state index contributed by atoms with van der Waals surface area (Å²) in [6, 6.07) is 0. The van der Waals surface area contributed by atoms with Crippen LogP contribution >= 0.6 is 11.8 Å². The van der Waals surface area contributed by atoms with Gasteiger partial charge in [0.1, 0.15) is 0 Å². The van der Waals surface area contributed by atoms with E-state index < -0.39 is 0 Å². The van der Waals surface area contributed by atoms with E-state index in [9.17, 15) is 9.59 Å². The number of rotatable bonds is 6. The van der Waals surface area contributed by atoms with Crippen LogP contribution in [0.1, 0.15) is 20.8 Å². The molecule has 0 aromatic rings. The Balaban J connectivity index is 4.07. The zero-order valence-electron chi connectivity index (χ0n) is 9.28. The largest absolute Gasteiger partial charge is 0.465 e. The molecule has 0 rings (SSSR count). The van der Waals surface area contributed by atoms with Gasteiger partial charge in [-0.1, -0.05) is 13.8 Å². The summed E-state index contributed by atoms with van der Waals surface area (Å²) in [5.41, 5.74) is 2.09. The molecule has 0 spiro atoms. The first-order chi connectivity index (χ1) is 7.02. The maximum atomic E-state index is 11.3. The first-order valence-corrected chi connectivity index (χ1v) is 5.85. The van der Waals surface area contributed by atoms with Gasteiger partial charge in [-0.25, -0.2) is 5.84 Å². The normalized spacial score (nSPS) is 12.3. The zero-order valence-corrected chi connectivity index (χ0v) is 10.1. The molecule has 15 heavy (non-hydrogen) atoms. The molecule has 0 aliphatic heterocycles. The van der Waals surface area contributed by atoms with Crippen LogP contribution in [0.5, 0.6) is 0 Å². The summed E-state index contributed by atoms with van der Waals surface area (Å²) in [4.78, 5) is 22.4. The first kappa shape index (κ1) is 14.2. The average molecular weight is 234 g/mol. The molecule has 6 heteroatoms. The standard InChI is InChI=1S/C9H18N2O3S/c1-4-14-7(12)5-15-8(6(2)3)9(13)11-10/h6,8H,4-5,10H2,1-3H3,(H,11,13). The molecule has 3 N–H and O–H groups in total. The van der Waals surface area contributed by atoms with Crippen molar-refractivity contribution >= 4 is 23.6 Å². The lowest BCUT2D eigenvalue weighted by molar-refractivity contribution is -0.139. The van der Waals surface area contributed by atoms with E-state index in [4.69, 9.17) is 10.6 Å². The van der Waals surface area contributed by atoms with Crippen molar-refractivity contribution in [2.24, 2.45) is 11.8 Å². The van der Waals surface area contributed by atoms with Crippen molar-refractivity contribution in [1.82, 2.24) is 5.43 Å². The van der Waals surface area contributed by atoms with E-state index in [1.807, 2.05) is 13.8 Å². The molecule has 0 aliphatic rings. The summed E-state index contributed by atoms with van der Waals surface area (Å²) in [5, 5.41) is -0.320. The molecule has 0 radical (unpaired) electrons. The topological polar surface area (TPSA) is 81.4 Å². The number of thioether (sulfide) groups is 1. The average Bonchev–Trinajstić information content (AvgIpc) is 2.17. The van der Waals surface area contributed by atoms with E-state index in [2.05, 4.69) is 5.43 Å². The Hall–Kier alpha value is -0.750. The molecule has 0 aromatic carbocycles. The third-order valence-corrected chi connectivity index (χ3v) is 3.21. The Labute approximate surface area is 94.1 Å². The van der Waals surface area contributed by atoms with Crippen molar-refractivity contribution in [1.29, 1.82) is 0 Å². The van der Waals surface area contributed by atoms with Gasteiger partial charge in [0.15, 0.2) is 0 Å². The Morgan fingerprint density at radius 2 is 2.07 bits per heavy atom. The van der Waals surface area contributed by atoms with Crippen LogP contribution in [0.15, 0.2) is 0 Å². The highest BCUT2D eigenvalue weighted by molar-refractivity contribution is 8.01. The summed E-state index contributed by atoms with van der Waals surface area (Å²) in [7, 11) is 0. The number of nitrogens with one attached hydrogen (secondary N) is 1. The SMILES string of the molecule is CCOC(=O)CSC(C(=O)NN)C(C)C. The molecule has 88 valence electrons. The fourth-order valence-corrected chi connectivity index (χ4v) is 2.02. The quantitative estimate of drug-likeness (QED) is 0.299. The number of esters is 1. The number of hydrogen-bond donors (Lipinski definition) is 2. The molecular weight excluding hydrogens is 216 g/mol. The summed E-state index contributed by atoms with van der Waals surface area (Å²) >= 11 is 1.24. The van der Waals surface area contributed by atoms with Crippen LogP contribution in [0.3, 0.4) is 0 Å². The molecule has 1 unspecified atom stereocenters. The van der Waals surface area contributed by atoms with Crippen LogP contribution in [0.4, 0.5) is 0 Å². The maximum absolute atomic E-state index is 11.3. The van der Waals surface area contributed by atoms with E-state index in [-0.39, 0.29) is 28.8 Å². The molecule has 1 amide bonds. The van der Waals surface area contributed by atoms with Crippen LogP contribution in [0.25, 0.3) is 0 Å². The van der Waals surface area contributed by atoms with Crippen LogP contribution in [-0.2, 0) is 14.3 Å². The molecule has 0 bridgehead atoms. The van der Waals surface area contributed by atoms with Gasteiger partial charge in [0.05, 0.1) is 17.6 Å². The summed E-state index contributed by atoms with van der Waals surface area (Å²) in [5.74, 6) is 4.76. The van der Waals surface area contributed by atoms with Crippen molar-refractivity contribution in [3.05, 3.63) is 0 Å². The Bertz CT molecular complexity index is 221. The fourth-order valence-electron chi connectivity index (χ4n) is 1.01. The molecule has 0 aliphatic carbocycles. The zero-order chi connectivity index (χ0) is 11.8. The van der Waals surface area contributed by atoms with Crippen LogP contribution in [0, 0.1) is 5.92 Å². The van der Waals surface area contributed by atoms with Crippen molar-refractivity contribution in [3.63, 3.8) is 0 Å². The lowest BCUT2D eigenvalue weighted by Crippen LogP contribution is -2.40. The predicted octanol–water partition coefficient (Wildman–Crippen LogP) is 0.297. The van der Waals surface area contributed by atoms with E-state index in [0.717, 1.165) is 0 Å². The molecule has 5 nitrogen and oxygen atoms in total. The number of hydrazine groups is 1. The minimum absolute atomic E-state index is 0.118. The molecule has 1 atom stereocenters. The van der Waals surface area contributed by atoms with Crippen molar-refractivity contribution in [2.75, 3.05) is 12.4 Å². The van der Waals surface area contributed by atoms with Gasteiger partial charge in [-0.2, -0.15) is 0 Å². The van der Waals surface area contributed by atoms with E-state index >= 15 is 0 Å². The van der Waals surface area contributed by atoms with Gasteiger partial charge >= 0.3 is 5.97 Å². The molecule has 0 heterocycles. The Kier molecular flexibility index (Phi) is 7.15. The van der Waals surface area contributed by atoms with Crippen LogP contribution in [-0.4, -0.2) is 29.5 Å². The second-order valence-electron chi connectivity index (χ2n) is 3.29. The number of hydrogen-bond acceptors (Lipinski definition) is 5. The second-order valence-corrected chi connectivity index (χ2v) is 4.42. The molecule has 0 aromatic heterocycles. The fraction of sp³-hybridized carbons (Fsp3) is 0.778. The minimum atomic E-state index is -0.320. The predicted molar refractivity (Wildman–Crippen MR) is 60.0 cm³/mol. The number of amides is 1. The third kappa shape index (κ3) is 5.64. The van der Waals surface area contributed by atoms with Gasteiger partial charge in [0.25, 0.3) is 0 Å². The van der Waals surface area contributed by atoms with Gasteiger partial charge in [0.2, 0.25) is 5.91 Å². The van der Waals surface area contributed by atoms with Gasteiger partial charge in [-0.15, -0.1) is 11.8 Å². The van der Waals surface area contributed by atoms with E-state index in [0.29, 0.717) is 6.61 Å². The van der Waals surface area contributed by atoms with E-state index in [1.165, 1.54) is 11.8 Å². The number of ether oxygens (including phenoxy) is 1. The second kappa shape index (κ2) is 7.53. The summed E-state index contributed by atoms with van der Waals surface area (Å²) < 4.78 is 4.76. The van der Waals surface area contributed by atoms with Gasteiger partial charge in [-0.3, -0.25) is 15.0 Å². The van der Waals surface area contributed by atoms with Crippen molar-refractivity contribution < 1.29 is 14.3 Å². The van der Waals surface area contributed by atoms with Gasteiger partial charge < -0.3 is 4.74 Å². The molecule has 0 saturated carbocycles. The lowest BCUT2D eigenvalue weighted by Gasteiger charge is -2.17. The number of carbonyl (C=O) groups excluding carboxylic acids is 2. The molecule has 0 saturated heterocycles. The highest BCUT2D eigenvalue weighted by Crippen LogP contribution is 2.19. The third-order valence-electron chi connectivity index (χ3n) is 1.69. The molecular formula is C9H18N2O3S.